The van der Waals surface area contributed by atoms with E-state index in [0.717, 1.165) is 12.6 Å². The summed E-state index contributed by atoms with van der Waals surface area (Å²) in [5.74, 6) is -0.515. The lowest BCUT2D eigenvalue weighted by Gasteiger charge is -2.22. The van der Waals surface area contributed by atoms with Crippen LogP contribution in [0.3, 0.4) is 0 Å². The summed E-state index contributed by atoms with van der Waals surface area (Å²) in [5, 5.41) is 3.07. The van der Waals surface area contributed by atoms with Gasteiger partial charge in [0.2, 0.25) is 0 Å². The number of amides is 1. The van der Waals surface area contributed by atoms with Crippen molar-refractivity contribution >= 4 is 17.3 Å². The first-order valence-electron chi connectivity index (χ1n) is 6.70. The molecule has 0 heterocycles. The van der Waals surface area contributed by atoms with Gasteiger partial charge in [0.05, 0.1) is 11.3 Å². The summed E-state index contributed by atoms with van der Waals surface area (Å²) in [6.45, 7) is 0.721. The standard InChI is InChI=1S/C14H20FN3O/c15-11-7-12(16)10(14(17)19)6-13(11)18-8-9-4-2-1-3-5-9/h6-7,9,18H,1-5,8,16H2,(H2,17,19). The fourth-order valence-corrected chi connectivity index (χ4v) is 2.58. The molecule has 5 N–H and O–H groups in total. The molecular formula is C14H20FN3O. The summed E-state index contributed by atoms with van der Waals surface area (Å²) in [6, 6.07) is 2.54. The molecular weight excluding hydrogens is 245 g/mol. The van der Waals surface area contributed by atoms with E-state index in [4.69, 9.17) is 11.5 Å². The first kappa shape index (κ1) is 13.6. The van der Waals surface area contributed by atoms with E-state index in [2.05, 4.69) is 5.32 Å². The van der Waals surface area contributed by atoms with E-state index in [-0.39, 0.29) is 11.3 Å². The summed E-state index contributed by atoms with van der Waals surface area (Å²) in [4.78, 5) is 11.2. The zero-order valence-electron chi connectivity index (χ0n) is 10.9. The smallest absolute Gasteiger partial charge is 0.250 e. The van der Waals surface area contributed by atoms with E-state index in [9.17, 15) is 9.18 Å². The normalized spacial score (nSPS) is 16.3. The topological polar surface area (TPSA) is 81.1 Å². The Morgan fingerprint density at radius 1 is 1.32 bits per heavy atom. The highest BCUT2D eigenvalue weighted by molar-refractivity contribution is 5.99. The molecule has 4 nitrogen and oxygen atoms in total. The van der Waals surface area contributed by atoms with Crippen molar-refractivity contribution < 1.29 is 9.18 Å². The molecule has 19 heavy (non-hydrogen) atoms. The van der Waals surface area contributed by atoms with Gasteiger partial charge >= 0.3 is 0 Å². The van der Waals surface area contributed by atoms with Gasteiger partial charge in [-0.1, -0.05) is 19.3 Å². The Labute approximate surface area is 112 Å². The molecule has 0 bridgehead atoms. The second-order valence-corrected chi connectivity index (χ2v) is 5.17. The van der Waals surface area contributed by atoms with E-state index >= 15 is 0 Å². The minimum absolute atomic E-state index is 0.0771. The third kappa shape index (κ3) is 3.36. The van der Waals surface area contributed by atoms with E-state index in [1.54, 1.807) is 0 Å². The number of nitrogens with one attached hydrogen (secondary N) is 1. The number of nitrogen functional groups attached to an aromatic ring is 1. The molecule has 0 atom stereocenters. The summed E-state index contributed by atoms with van der Waals surface area (Å²) in [5.41, 5.74) is 11.3. The molecule has 0 radical (unpaired) electrons. The zero-order chi connectivity index (χ0) is 13.8. The van der Waals surface area contributed by atoms with Gasteiger partial charge in [0, 0.05) is 12.2 Å². The van der Waals surface area contributed by atoms with Crippen molar-refractivity contribution in [3.05, 3.63) is 23.5 Å². The van der Waals surface area contributed by atoms with E-state index in [1.807, 2.05) is 0 Å². The molecule has 0 spiro atoms. The van der Waals surface area contributed by atoms with Crippen molar-refractivity contribution in [2.24, 2.45) is 11.7 Å². The van der Waals surface area contributed by atoms with Crippen molar-refractivity contribution in [3.63, 3.8) is 0 Å². The van der Waals surface area contributed by atoms with Crippen molar-refractivity contribution in [2.45, 2.75) is 32.1 Å². The predicted octanol–water partition coefficient (Wildman–Crippen LogP) is 2.50. The van der Waals surface area contributed by atoms with Gasteiger partial charge in [-0.2, -0.15) is 0 Å². The van der Waals surface area contributed by atoms with Gasteiger partial charge in [-0.15, -0.1) is 0 Å². The molecule has 1 aromatic carbocycles. The van der Waals surface area contributed by atoms with Crippen LogP contribution < -0.4 is 16.8 Å². The summed E-state index contributed by atoms with van der Waals surface area (Å²) < 4.78 is 13.8. The van der Waals surface area contributed by atoms with Crippen LogP contribution in [0.2, 0.25) is 0 Å². The highest BCUT2D eigenvalue weighted by Crippen LogP contribution is 2.26. The zero-order valence-corrected chi connectivity index (χ0v) is 10.9. The minimum Gasteiger partial charge on any atom is -0.398 e. The predicted molar refractivity (Wildman–Crippen MR) is 74.4 cm³/mol. The number of carbonyl (C=O) groups excluding carboxylic acids is 1. The Balaban J connectivity index is 2.06. The van der Waals surface area contributed by atoms with Crippen molar-refractivity contribution in [1.82, 2.24) is 0 Å². The number of nitrogens with two attached hydrogens (primary N) is 2. The van der Waals surface area contributed by atoms with Crippen molar-refractivity contribution in [3.8, 4) is 0 Å². The van der Waals surface area contributed by atoms with Gasteiger partial charge < -0.3 is 16.8 Å². The van der Waals surface area contributed by atoms with Gasteiger partial charge in [-0.05, 0) is 30.9 Å². The molecule has 104 valence electrons. The molecule has 0 aromatic heterocycles. The third-order valence-electron chi connectivity index (χ3n) is 3.71. The fraction of sp³-hybridized carbons (Fsp3) is 0.500. The van der Waals surface area contributed by atoms with Crippen LogP contribution in [0.5, 0.6) is 0 Å². The lowest BCUT2D eigenvalue weighted by atomic mass is 9.89. The maximum absolute atomic E-state index is 13.8. The summed E-state index contributed by atoms with van der Waals surface area (Å²) >= 11 is 0. The van der Waals surface area contributed by atoms with Gasteiger partial charge in [0.1, 0.15) is 5.82 Å². The Morgan fingerprint density at radius 2 is 2.00 bits per heavy atom. The number of carbonyl (C=O) groups is 1. The molecule has 1 amide bonds. The highest BCUT2D eigenvalue weighted by atomic mass is 19.1. The van der Waals surface area contributed by atoms with Crippen LogP contribution in [0, 0.1) is 11.7 Å². The molecule has 1 saturated carbocycles. The van der Waals surface area contributed by atoms with Gasteiger partial charge in [0.15, 0.2) is 0 Å². The molecule has 1 aliphatic carbocycles. The number of hydrogen-bond acceptors (Lipinski definition) is 3. The van der Waals surface area contributed by atoms with Crippen LogP contribution in [-0.4, -0.2) is 12.5 Å². The summed E-state index contributed by atoms with van der Waals surface area (Å²) in [6.07, 6.45) is 6.11. The molecule has 1 aliphatic rings. The van der Waals surface area contributed by atoms with Crippen LogP contribution in [0.1, 0.15) is 42.5 Å². The average molecular weight is 265 g/mol. The number of anilines is 2. The Morgan fingerprint density at radius 3 is 2.63 bits per heavy atom. The SMILES string of the molecule is NC(=O)c1cc(NCC2CCCCC2)c(F)cc1N. The van der Waals surface area contributed by atoms with Gasteiger partial charge in [-0.3, -0.25) is 4.79 Å². The monoisotopic (exact) mass is 265 g/mol. The summed E-state index contributed by atoms with van der Waals surface area (Å²) in [7, 11) is 0. The first-order chi connectivity index (χ1) is 9.08. The van der Waals surface area contributed by atoms with E-state index < -0.39 is 11.7 Å². The van der Waals surface area contributed by atoms with E-state index in [0.29, 0.717) is 11.6 Å². The first-order valence-corrected chi connectivity index (χ1v) is 6.70. The largest absolute Gasteiger partial charge is 0.398 e. The number of hydrogen-bond donors (Lipinski definition) is 3. The molecule has 1 aromatic rings. The highest BCUT2D eigenvalue weighted by Gasteiger charge is 2.15. The number of halogens is 1. The van der Waals surface area contributed by atoms with Crippen LogP contribution in [0.4, 0.5) is 15.8 Å². The second kappa shape index (κ2) is 5.91. The molecule has 2 rings (SSSR count). The van der Waals surface area contributed by atoms with Gasteiger partial charge in [-0.25, -0.2) is 4.39 Å². The fourth-order valence-electron chi connectivity index (χ4n) is 2.58. The molecule has 0 aliphatic heterocycles. The second-order valence-electron chi connectivity index (χ2n) is 5.17. The minimum atomic E-state index is -0.641. The molecule has 0 unspecified atom stereocenters. The van der Waals surface area contributed by atoms with Crippen LogP contribution >= 0.6 is 0 Å². The maximum Gasteiger partial charge on any atom is 0.250 e. The number of primary amides is 1. The molecule has 1 fully saturated rings. The van der Waals surface area contributed by atoms with Crippen molar-refractivity contribution in [2.75, 3.05) is 17.6 Å². The lowest BCUT2D eigenvalue weighted by molar-refractivity contribution is 0.100. The molecule has 0 saturated heterocycles. The van der Waals surface area contributed by atoms with Crippen LogP contribution in [0.15, 0.2) is 12.1 Å². The average Bonchev–Trinajstić information content (AvgIpc) is 2.38. The Bertz CT molecular complexity index is 470. The quantitative estimate of drug-likeness (QED) is 0.732. The number of benzene rings is 1. The van der Waals surface area contributed by atoms with E-state index in [1.165, 1.54) is 38.2 Å². The lowest BCUT2D eigenvalue weighted by Crippen LogP contribution is -2.19. The molecule has 5 heteroatoms. The maximum atomic E-state index is 13.8. The van der Waals surface area contributed by atoms with Gasteiger partial charge in [0.25, 0.3) is 5.91 Å². The Kier molecular flexibility index (Phi) is 4.24. The third-order valence-corrected chi connectivity index (χ3v) is 3.71. The van der Waals surface area contributed by atoms with Crippen LogP contribution in [-0.2, 0) is 0 Å². The number of rotatable bonds is 4. The Hall–Kier alpha value is -1.78. The van der Waals surface area contributed by atoms with Crippen LogP contribution in [0.25, 0.3) is 0 Å². The van der Waals surface area contributed by atoms with Crippen molar-refractivity contribution in [1.29, 1.82) is 0 Å².